The molecule has 8 nitrogen and oxygen atoms in total. The van der Waals surface area contributed by atoms with E-state index >= 15 is 0 Å². The highest BCUT2D eigenvalue weighted by Crippen LogP contribution is 2.26. The molecule has 0 bridgehead atoms. The number of carbonyl (C=O) groups is 2. The van der Waals surface area contributed by atoms with Crippen LogP contribution in [0.1, 0.15) is 31.9 Å². The predicted molar refractivity (Wildman–Crippen MR) is 119 cm³/mol. The quantitative estimate of drug-likeness (QED) is 0.431. The molecule has 1 fully saturated rings. The summed E-state index contributed by atoms with van der Waals surface area (Å²) in [6.45, 7) is 6.88. The number of aliphatic hydroxyl groups excluding tert-OH is 1. The number of nitrogens with two attached hydrogens (primary N) is 1. The Kier molecular flexibility index (Phi) is 6.42. The molecule has 1 heterocycles. The van der Waals surface area contributed by atoms with Gasteiger partial charge in [0.15, 0.2) is 12.2 Å². The van der Waals surface area contributed by atoms with Crippen molar-refractivity contribution in [2.24, 2.45) is 5.73 Å². The Labute approximate surface area is 181 Å². The SMILES string of the molecule is CC(C)(C)c1ccc(N2CCO[C@H]([C@@H](O)C(=O)Nc3ccc(C(=N)N)cc3)C2=O)cc1. The van der Waals surface area contributed by atoms with Gasteiger partial charge in [0, 0.05) is 23.5 Å². The summed E-state index contributed by atoms with van der Waals surface area (Å²) in [6.07, 6.45) is -2.97. The lowest BCUT2D eigenvalue weighted by molar-refractivity contribution is -0.150. The summed E-state index contributed by atoms with van der Waals surface area (Å²) in [6, 6.07) is 14.0. The van der Waals surface area contributed by atoms with Crippen LogP contribution < -0.4 is 16.0 Å². The van der Waals surface area contributed by atoms with Crippen molar-refractivity contribution in [3.8, 4) is 0 Å². The molecule has 2 atom stereocenters. The Bertz CT molecular complexity index is 965. The van der Waals surface area contributed by atoms with Crippen LogP contribution in [-0.4, -0.2) is 48.1 Å². The van der Waals surface area contributed by atoms with Gasteiger partial charge in [-0.2, -0.15) is 0 Å². The minimum absolute atomic E-state index is 0.00696. The summed E-state index contributed by atoms with van der Waals surface area (Å²) in [4.78, 5) is 27.0. The van der Waals surface area contributed by atoms with Gasteiger partial charge in [0.05, 0.1) is 6.61 Å². The smallest absolute Gasteiger partial charge is 0.259 e. The number of amides is 2. The zero-order valence-corrected chi connectivity index (χ0v) is 17.9. The fraction of sp³-hybridized carbons (Fsp3) is 0.348. The Morgan fingerprint density at radius 2 is 1.81 bits per heavy atom. The summed E-state index contributed by atoms with van der Waals surface area (Å²) >= 11 is 0. The molecule has 0 aliphatic carbocycles. The number of morpholine rings is 1. The van der Waals surface area contributed by atoms with Crippen molar-refractivity contribution < 1.29 is 19.4 Å². The van der Waals surface area contributed by atoms with Crippen LogP contribution in [0.3, 0.4) is 0 Å². The monoisotopic (exact) mass is 424 g/mol. The standard InChI is InChI=1S/C23H28N4O4/c1-23(2,3)15-6-10-17(11-7-15)27-12-13-31-19(22(27)30)18(28)21(29)26-16-8-4-14(5-9-16)20(24)25/h4-11,18-19,28H,12-13H2,1-3H3,(H3,24,25)(H,26,29)/t18-,19-/m1/s1. The molecular weight excluding hydrogens is 396 g/mol. The number of ether oxygens (including phenoxy) is 1. The van der Waals surface area contributed by atoms with Crippen LogP contribution in [0.25, 0.3) is 0 Å². The highest BCUT2D eigenvalue weighted by molar-refractivity contribution is 6.04. The average molecular weight is 425 g/mol. The number of aliphatic hydroxyl groups is 1. The summed E-state index contributed by atoms with van der Waals surface area (Å²) < 4.78 is 5.44. The van der Waals surface area contributed by atoms with Gasteiger partial charge in [-0.3, -0.25) is 15.0 Å². The molecule has 0 radical (unpaired) electrons. The van der Waals surface area contributed by atoms with Crippen LogP contribution >= 0.6 is 0 Å². The lowest BCUT2D eigenvalue weighted by atomic mass is 9.87. The lowest BCUT2D eigenvalue weighted by Crippen LogP contribution is -2.55. The van der Waals surface area contributed by atoms with Crippen LogP contribution in [0.2, 0.25) is 0 Å². The van der Waals surface area contributed by atoms with Crippen LogP contribution in [0.15, 0.2) is 48.5 Å². The number of hydrogen-bond acceptors (Lipinski definition) is 5. The minimum atomic E-state index is -1.67. The van der Waals surface area contributed by atoms with Gasteiger partial charge < -0.3 is 25.8 Å². The molecule has 5 N–H and O–H groups in total. The molecule has 3 rings (SSSR count). The minimum Gasteiger partial charge on any atom is -0.384 e. The van der Waals surface area contributed by atoms with Crippen LogP contribution in [-0.2, 0) is 19.7 Å². The maximum absolute atomic E-state index is 12.9. The highest BCUT2D eigenvalue weighted by Gasteiger charge is 2.39. The van der Waals surface area contributed by atoms with Gasteiger partial charge in [-0.1, -0.05) is 32.9 Å². The van der Waals surface area contributed by atoms with E-state index in [0.29, 0.717) is 23.5 Å². The third-order valence-corrected chi connectivity index (χ3v) is 5.19. The Hall–Kier alpha value is -3.23. The zero-order chi connectivity index (χ0) is 22.8. The topological polar surface area (TPSA) is 129 Å². The van der Waals surface area contributed by atoms with E-state index in [0.717, 1.165) is 5.56 Å². The van der Waals surface area contributed by atoms with Crippen molar-refractivity contribution in [3.63, 3.8) is 0 Å². The van der Waals surface area contributed by atoms with Crippen LogP contribution in [0.5, 0.6) is 0 Å². The normalized spacial score (nSPS) is 17.9. The van der Waals surface area contributed by atoms with Gasteiger partial charge in [0.1, 0.15) is 5.84 Å². The number of benzene rings is 2. The third-order valence-electron chi connectivity index (χ3n) is 5.19. The van der Waals surface area contributed by atoms with E-state index in [-0.39, 0.29) is 17.9 Å². The summed E-state index contributed by atoms with van der Waals surface area (Å²) in [5, 5.41) is 20.4. The molecule has 0 saturated carbocycles. The Balaban J connectivity index is 1.69. The third kappa shape index (κ3) is 5.10. The number of nitrogen functional groups attached to an aromatic ring is 1. The maximum Gasteiger partial charge on any atom is 0.259 e. The van der Waals surface area contributed by atoms with E-state index in [1.807, 2.05) is 24.3 Å². The zero-order valence-electron chi connectivity index (χ0n) is 17.9. The first kappa shape index (κ1) is 22.5. The van der Waals surface area contributed by atoms with Gasteiger partial charge in [0.25, 0.3) is 11.8 Å². The van der Waals surface area contributed by atoms with E-state index < -0.39 is 24.0 Å². The van der Waals surface area contributed by atoms with Crippen LogP contribution in [0, 0.1) is 5.41 Å². The van der Waals surface area contributed by atoms with Crippen molar-refractivity contribution in [1.82, 2.24) is 0 Å². The molecule has 2 aromatic rings. The molecule has 8 heteroatoms. The van der Waals surface area contributed by atoms with Gasteiger partial charge in [0.2, 0.25) is 0 Å². The number of amidine groups is 1. The number of anilines is 2. The molecule has 2 aromatic carbocycles. The number of nitrogens with zero attached hydrogens (tertiary/aromatic N) is 1. The Morgan fingerprint density at radius 3 is 2.35 bits per heavy atom. The van der Waals surface area contributed by atoms with Crippen molar-refractivity contribution in [1.29, 1.82) is 5.41 Å². The molecular formula is C23H28N4O4. The van der Waals surface area contributed by atoms with Gasteiger partial charge in [-0.15, -0.1) is 0 Å². The largest absolute Gasteiger partial charge is 0.384 e. The fourth-order valence-corrected chi connectivity index (χ4v) is 3.32. The first-order valence-electron chi connectivity index (χ1n) is 10.0. The molecule has 0 unspecified atom stereocenters. The first-order chi connectivity index (χ1) is 14.6. The lowest BCUT2D eigenvalue weighted by Gasteiger charge is -2.34. The van der Waals surface area contributed by atoms with Gasteiger partial charge >= 0.3 is 0 Å². The van der Waals surface area contributed by atoms with E-state index in [9.17, 15) is 14.7 Å². The van der Waals surface area contributed by atoms with Gasteiger partial charge in [-0.05, 0) is 47.4 Å². The highest BCUT2D eigenvalue weighted by atomic mass is 16.5. The number of hydrogen-bond donors (Lipinski definition) is 4. The second-order valence-electron chi connectivity index (χ2n) is 8.50. The summed E-state index contributed by atoms with van der Waals surface area (Å²) in [5.41, 5.74) is 8.16. The molecule has 1 aliphatic rings. The first-order valence-corrected chi connectivity index (χ1v) is 10.0. The Morgan fingerprint density at radius 1 is 1.19 bits per heavy atom. The molecule has 2 amide bonds. The molecule has 1 saturated heterocycles. The maximum atomic E-state index is 12.9. The molecule has 0 aromatic heterocycles. The summed E-state index contributed by atoms with van der Waals surface area (Å²) in [5.74, 6) is -1.31. The van der Waals surface area contributed by atoms with Crippen molar-refractivity contribution in [3.05, 3.63) is 59.7 Å². The van der Waals surface area contributed by atoms with Gasteiger partial charge in [-0.25, -0.2) is 0 Å². The number of rotatable bonds is 5. The van der Waals surface area contributed by atoms with Crippen molar-refractivity contribution >= 4 is 29.0 Å². The van der Waals surface area contributed by atoms with Crippen molar-refractivity contribution in [2.75, 3.05) is 23.4 Å². The van der Waals surface area contributed by atoms with E-state index in [1.165, 1.54) is 4.90 Å². The average Bonchev–Trinajstić information content (AvgIpc) is 2.73. The second kappa shape index (κ2) is 8.87. The molecule has 31 heavy (non-hydrogen) atoms. The predicted octanol–water partition coefficient (Wildman–Crippen LogP) is 2.00. The number of nitrogens with one attached hydrogen (secondary N) is 2. The van der Waals surface area contributed by atoms with Crippen LogP contribution in [0.4, 0.5) is 11.4 Å². The molecule has 164 valence electrons. The van der Waals surface area contributed by atoms with E-state index in [2.05, 4.69) is 26.1 Å². The molecule has 1 aliphatic heterocycles. The van der Waals surface area contributed by atoms with E-state index in [1.54, 1.807) is 24.3 Å². The fourth-order valence-electron chi connectivity index (χ4n) is 3.32. The second-order valence-corrected chi connectivity index (χ2v) is 8.50. The number of carbonyl (C=O) groups excluding carboxylic acids is 2. The van der Waals surface area contributed by atoms with E-state index in [4.69, 9.17) is 15.9 Å². The van der Waals surface area contributed by atoms with Crippen molar-refractivity contribution in [2.45, 2.75) is 38.4 Å². The molecule has 0 spiro atoms. The summed E-state index contributed by atoms with van der Waals surface area (Å²) in [7, 11) is 0.